The molecule has 0 fully saturated rings. The number of nitrogens with zero attached hydrogens (tertiary/aromatic N) is 1. The Morgan fingerprint density at radius 1 is 0.944 bits per heavy atom. The van der Waals surface area contributed by atoms with E-state index in [0.29, 0.717) is 16.7 Å². The minimum atomic E-state index is -4.35. The minimum Gasteiger partial charge on any atom is -0.456 e. The van der Waals surface area contributed by atoms with Gasteiger partial charge in [-0.3, -0.25) is 0 Å². The molecule has 0 saturated heterocycles. The molecule has 2 rings (SSSR count). The van der Waals surface area contributed by atoms with E-state index in [2.05, 4.69) is 4.98 Å². The maximum Gasteiger partial charge on any atom is 0.416 e. The Hall–Kier alpha value is -1.75. The molecule has 2 aromatic rings. The summed E-state index contributed by atoms with van der Waals surface area (Å²) in [7, 11) is 0. The van der Waals surface area contributed by atoms with E-state index in [9.17, 15) is 13.2 Å². The summed E-state index contributed by atoms with van der Waals surface area (Å²) in [5, 5.41) is 0.315. The Morgan fingerprint density at radius 2 is 1.56 bits per heavy atom. The van der Waals surface area contributed by atoms with E-state index in [4.69, 9.17) is 16.3 Å². The zero-order valence-corrected chi connectivity index (χ0v) is 9.66. The molecule has 1 heterocycles. The molecule has 0 bridgehead atoms. The highest BCUT2D eigenvalue weighted by Crippen LogP contribution is 2.31. The molecule has 1 aromatic heterocycles. The third-order valence-electron chi connectivity index (χ3n) is 2.12. The maximum atomic E-state index is 12.3. The van der Waals surface area contributed by atoms with Gasteiger partial charge in [-0.1, -0.05) is 11.6 Å². The number of aromatic nitrogens is 1. The first kappa shape index (κ1) is 12.7. The summed E-state index contributed by atoms with van der Waals surface area (Å²) in [6.07, 6.45) is -2.96. The van der Waals surface area contributed by atoms with Gasteiger partial charge in [0.1, 0.15) is 16.7 Å². The lowest BCUT2D eigenvalue weighted by molar-refractivity contribution is -0.137. The van der Waals surface area contributed by atoms with Gasteiger partial charge >= 0.3 is 6.18 Å². The van der Waals surface area contributed by atoms with Crippen LogP contribution in [0.25, 0.3) is 0 Å². The predicted molar refractivity (Wildman–Crippen MR) is 60.8 cm³/mol. The molecular formula is C12H7ClF3NO. The predicted octanol–water partition coefficient (Wildman–Crippen LogP) is 4.55. The molecular weight excluding hydrogens is 267 g/mol. The van der Waals surface area contributed by atoms with Gasteiger partial charge in [0.25, 0.3) is 0 Å². The Labute approximate surface area is 106 Å². The lowest BCUT2D eigenvalue weighted by atomic mass is 10.2. The smallest absolute Gasteiger partial charge is 0.416 e. The Kier molecular flexibility index (Phi) is 3.43. The van der Waals surface area contributed by atoms with Crippen LogP contribution in [0.3, 0.4) is 0 Å². The molecule has 6 heteroatoms. The number of ether oxygens (including phenoxy) is 1. The highest BCUT2D eigenvalue weighted by Gasteiger charge is 2.30. The number of pyridine rings is 1. The summed E-state index contributed by atoms with van der Waals surface area (Å²) in [4.78, 5) is 3.79. The van der Waals surface area contributed by atoms with Crippen molar-refractivity contribution in [2.45, 2.75) is 6.18 Å². The van der Waals surface area contributed by atoms with E-state index in [1.165, 1.54) is 24.4 Å². The molecule has 2 nitrogen and oxygen atoms in total. The van der Waals surface area contributed by atoms with Crippen molar-refractivity contribution in [3.63, 3.8) is 0 Å². The average Bonchev–Trinajstić information content (AvgIpc) is 2.32. The Balaban J connectivity index is 2.13. The lowest BCUT2D eigenvalue weighted by Crippen LogP contribution is -2.03. The number of hydrogen-bond acceptors (Lipinski definition) is 2. The maximum absolute atomic E-state index is 12.3. The van der Waals surface area contributed by atoms with E-state index in [1.54, 1.807) is 6.07 Å². The largest absolute Gasteiger partial charge is 0.456 e. The lowest BCUT2D eigenvalue weighted by Gasteiger charge is -2.08. The fraction of sp³-hybridized carbons (Fsp3) is 0.0833. The number of halogens is 4. The highest BCUT2D eigenvalue weighted by atomic mass is 35.5. The van der Waals surface area contributed by atoms with Crippen LogP contribution >= 0.6 is 11.6 Å². The first-order valence-corrected chi connectivity index (χ1v) is 5.29. The third-order valence-corrected chi connectivity index (χ3v) is 2.34. The molecule has 0 radical (unpaired) electrons. The quantitative estimate of drug-likeness (QED) is 0.749. The summed E-state index contributed by atoms with van der Waals surface area (Å²) in [5.74, 6) is 0.700. The molecule has 0 atom stereocenters. The molecule has 0 amide bonds. The first-order valence-electron chi connectivity index (χ1n) is 4.92. The van der Waals surface area contributed by atoms with Crippen LogP contribution in [0, 0.1) is 0 Å². The molecule has 94 valence electrons. The Morgan fingerprint density at radius 3 is 2.06 bits per heavy atom. The van der Waals surface area contributed by atoms with Crippen LogP contribution < -0.4 is 4.74 Å². The summed E-state index contributed by atoms with van der Waals surface area (Å²) < 4.78 is 42.3. The van der Waals surface area contributed by atoms with Crippen LogP contribution in [-0.2, 0) is 6.18 Å². The number of rotatable bonds is 2. The second-order valence-corrected chi connectivity index (χ2v) is 3.83. The van der Waals surface area contributed by atoms with E-state index in [0.717, 1.165) is 12.1 Å². The summed E-state index contributed by atoms with van der Waals surface area (Å²) >= 11 is 5.59. The Bertz CT molecular complexity index is 523. The molecule has 0 spiro atoms. The van der Waals surface area contributed by atoms with Gasteiger partial charge in [-0.05, 0) is 36.4 Å². The van der Waals surface area contributed by atoms with Gasteiger partial charge in [-0.25, -0.2) is 4.98 Å². The van der Waals surface area contributed by atoms with Crippen molar-refractivity contribution in [3.8, 4) is 11.5 Å². The number of alkyl halides is 3. The second-order valence-electron chi connectivity index (χ2n) is 3.44. The standard InChI is InChI=1S/C12H7ClF3NO/c13-11-6-5-10(7-17-11)18-9-3-1-8(2-4-9)12(14,15)16/h1-7H. The fourth-order valence-corrected chi connectivity index (χ4v) is 1.38. The van der Waals surface area contributed by atoms with Crippen LogP contribution in [0.2, 0.25) is 5.15 Å². The van der Waals surface area contributed by atoms with E-state index >= 15 is 0 Å². The van der Waals surface area contributed by atoms with Crippen molar-refractivity contribution in [2.75, 3.05) is 0 Å². The van der Waals surface area contributed by atoms with E-state index in [-0.39, 0.29) is 0 Å². The topological polar surface area (TPSA) is 22.1 Å². The summed E-state index contributed by atoms with van der Waals surface area (Å²) in [5.41, 5.74) is -0.718. The van der Waals surface area contributed by atoms with Crippen LogP contribution in [0.5, 0.6) is 11.5 Å². The van der Waals surface area contributed by atoms with Gasteiger partial charge in [0, 0.05) is 0 Å². The average molecular weight is 274 g/mol. The van der Waals surface area contributed by atoms with Crippen molar-refractivity contribution in [2.24, 2.45) is 0 Å². The number of hydrogen-bond donors (Lipinski definition) is 0. The highest BCUT2D eigenvalue weighted by molar-refractivity contribution is 6.29. The molecule has 0 unspecified atom stereocenters. The monoisotopic (exact) mass is 273 g/mol. The molecule has 18 heavy (non-hydrogen) atoms. The first-order chi connectivity index (χ1) is 8.45. The summed E-state index contributed by atoms with van der Waals surface area (Å²) in [6.45, 7) is 0. The summed E-state index contributed by atoms with van der Waals surface area (Å²) in [6, 6.07) is 7.51. The molecule has 0 N–H and O–H groups in total. The third kappa shape index (κ3) is 3.13. The van der Waals surface area contributed by atoms with Gasteiger partial charge in [-0.2, -0.15) is 13.2 Å². The second kappa shape index (κ2) is 4.86. The van der Waals surface area contributed by atoms with Crippen LogP contribution in [-0.4, -0.2) is 4.98 Å². The van der Waals surface area contributed by atoms with Gasteiger partial charge < -0.3 is 4.74 Å². The van der Waals surface area contributed by atoms with Crippen molar-refractivity contribution >= 4 is 11.6 Å². The fourth-order valence-electron chi connectivity index (χ4n) is 1.27. The zero-order valence-electron chi connectivity index (χ0n) is 8.91. The molecule has 0 aliphatic heterocycles. The molecule has 0 saturated carbocycles. The van der Waals surface area contributed by atoms with E-state index in [1.807, 2.05) is 0 Å². The van der Waals surface area contributed by atoms with Crippen LogP contribution in [0.1, 0.15) is 5.56 Å². The molecule has 0 aliphatic rings. The normalized spacial score (nSPS) is 11.3. The van der Waals surface area contributed by atoms with Crippen LogP contribution in [0.4, 0.5) is 13.2 Å². The molecule has 0 aliphatic carbocycles. The zero-order chi connectivity index (χ0) is 13.2. The van der Waals surface area contributed by atoms with Gasteiger partial charge in [-0.15, -0.1) is 0 Å². The SMILES string of the molecule is FC(F)(F)c1ccc(Oc2ccc(Cl)nc2)cc1. The molecule has 1 aromatic carbocycles. The van der Waals surface area contributed by atoms with E-state index < -0.39 is 11.7 Å². The van der Waals surface area contributed by atoms with Gasteiger partial charge in [0.15, 0.2) is 0 Å². The number of benzene rings is 1. The van der Waals surface area contributed by atoms with Crippen molar-refractivity contribution in [1.82, 2.24) is 4.98 Å². The van der Waals surface area contributed by atoms with Crippen LogP contribution in [0.15, 0.2) is 42.6 Å². The van der Waals surface area contributed by atoms with Crippen molar-refractivity contribution < 1.29 is 17.9 Å². The minimum absolute atomic E-state index is 0.298. The van der Waals surface area contributed by atoms with Gasteiger partial charge in [0.05, 0.1) is 11.8 Å². The van der Waals surface area contributed by atoms with Gasteiger partial charge in [0.2, 0.25) is 0 Å². The van der Waals surface area contributed by atoms with Crippen molar-refractivity contribution in [3.05, 3.63) is 53.3 Å². The van der Waals surface area contributed by atoms with Crippen molar-refractivity contribution in [1.29, 1.82) is 0 Å².